The summed E-state index contributed by atoms with van der Waals surface area (Å²) in [6, 6.07) is 0. The smallest absolute Gasteiger partial charge is 0.233 e. The van der Waals surface area contributed by atoms with Crippen LogP contribution in [0.1, 0.15) is 47.5 Å². The highest BCUT2D eigenvalue weighted by Crippen LogP contribution is 2.46. The number of hydrogen-bond donors (Lipinski definition) is 2. The van der Waals surface area contributed by atoms with E-state index < -0.39 is 5.41 Å². The van der Waals surface area contributed by atoms with E-state index in [1.807, 2.05) is 0 Å². The lowest BCUT2D eigenvalue weighted by Gasteiger charge is -2.44. The largest absolute Gasteiger partial charge is 0.392 e. The lowest BCUT2D eigenvalue weighted by Crippen LogP contribution is -2.57. The third-order valence-electron chi connectivity index (χ3n) is 4.57. The molecule has 3 nitrogen and oxygen atoms in total. The summed E-state index contributed by atoms with van der Waals surface area (Å²) in [7, 11) is 0. The Hall–Kier alpha value is -0.640. The molecule has 0 aromatic carbocycles. The zero-order valence-electron chi connectivity index (χ0n) is 12.2. The minimum absolute atomic E-state index is 0.0156. The fourth-order valence-electron chi connectivity index (χ4n) is 2.31. The van der Waals surface area contributed by atoms with Crippen molar-refractivity contribution in [2.75, 3.05) is 6.54 Å². The van der Waals surface area contributed by atoms with Gasteiger partial charge in [-0.05, 0) is 30.1 Å². The number of nitrogens with one attached hydrogen (secondary N) is 1. The number of nitrogens with two attached hydrogens (primary N) is 1. The molecule has 104 valence electrons. The lowest BCUT2D eigenvalue weighted by molar-refractivity contribution is -0.133. The fourth-order valence-corrected chi connectivity index (χ4v) is 2.57. The number of carbonyl (C=O) groups excluding carboxylic acids is 1. The first-order chi connectivity index (χ1) is 8.12. The molecule has 1 aliphatic carbocycles. The standard InChI is InChI=1S/C14H26N2OS/c1-9(2)13(4,5)8-16-12(17)14(11(15)18)6-10(3)7-14/h9-10H,6-8H2,1-5H3,(H2,15,18)(H,16,17). The van der Waals surface area contributed by atoms with Crippen molar-refractivity contribution in [3.8, 4) is 0 Å². The van der Waals surface area contributed by atoms with Crippen molar-refractivity contribution >= 4 is 23.1 Å². The topological polar surface area (TPSA) is 55.1 Å². The van der Waals surface area contributed by atoms with E-state index in [0.29, 0.717) is 23.4 Å². The van der Waals surface area contributed by atoms with Crippen LogP contribution >= 0.6 is 12.2 Å². The van der Waals surface area contributed by atoms with Crippen molar-refractivity contribution in [3.63, 3.8) is 0 Å². The van der Waals surface area contributed by atoms with Gasteiger partial charge in [-0.25, -0.2) is 0 Å². The summed E-state index contributed by atoms with van der Waals surface area (Å²) < 4.78 is 0. The number of amides is 1. The molecule has 1 rings (SSSR count). The van der Waals surface area contributed by atoms with Gasteiger partial charge < -0.3 is 11.1 Å². The minimum atomic E-state index is -0.582. The van der Waals surface area contributed by atoms with E-state index in [1.54, 1.807) is 0 Å². The van der Waals surface area contributed by atoms with Crippen LogP contribution in [0.5, 0.6) is 0 Å². The van der Waals surface area contributed by atoms with Crippen LogP contribution in [-0.4, -0.2) is 17.4 Å². The Balaban J connectivity index is 2.63. The number of thiocarbonyl (C=S) groups is 1. The van der Waals surface area contributed by atoms with Crippen LogP contribution in [0.25, 0.3) is 0 Å². The molecule has 0 unspecified atom stereocenters. The highest BCUT2D eigenvalue weighted by atomic mass is 32.1. The van der Waals surface area contributed by atoms with Crippen LogP contribution in [-0.2, 0) is 4.79 Å². The number of carbonyl (C=O) groups is 1. The van der Waals surface area contributed by atoms with E-state index in [1.165, 1.54) is 0 Å². The summed E-state index contributed by atoms with van der Waals surface area (Å²) in [6.07, 6.45) is 1.58. The summed E-state index contributed by atoms with van der Waals surface area (Å²) in [5.74, 6) is 1.07. The third kappa shape index (κ3) is 2.85. The molecule has 4 heteroatoms. The van der Waals surface area contributed by atoms with E-state index in [4.69, 9.17) is 18.0 Å². The molecule has 0 heterocycles. The second-order valence-corrected chi connectivity index (χ2v) is 7.23. The summed E-state index contributed by atoms with van der Waals surface area (Å²) in [6.45, 7) is 11.5. The molecule has 0 aliphatic heterocycles. The molecule has 0 bridgehead atoms. The van der Waals surface area contributed by atoms with Crippen molar-refractivity contribution in [2.45, 2.75) is 47.5 Å². The third-order valence-corrected chi connectivity index (χ3v) is 4.96. The Labute approximate surface area is 116 Å². The molecule has 18 heavy (non-hydrogen) atoms. The molecular weight excluding hydrogens is 244 g/mol. The predicted molar refractivity (Wildman–Crippen MR) is 79.2 cm³/mol. The lowest BCUT2D eigenvalue weighted by atomic mass is 9.62. The van der Waals surface area contributed by atoms with Gasteiger partial charge in [-0.1, -0.05) is 46.8 Å². The molecule has 3 N–H and O–H groups in total. The zero-order valence-corrected chi connectivity index (χ0v) is 13.0. The molecule has 1 saturated carbocycles. The first-order valence-corrected chi connectivity index (χ1v) is 7.11. The van der Waals surface area contributed by atoms with Gasteiger partial charge in [-0.15, -0.1) is 0 Å². The molecule has 0 saturated heterocycles. The van der Waals surface area contributed by atoms with E-state index in [9.17, 15) is 4.79 Å². The molecule has 0 aromatic heterocycles. The van der Waals surface area contributed by atoms with Crippen LogP contribution in [0.4, 0.5) is 0 Å². The van der Waals surface area contributed by atoms with Crippen LogP contribution < -0.4 is 11.1 Å². The highest BCUT2D eigenvalue weighted by Gasteiger charge is 2.50. The Kier molecular flexibility index (Phi) is 4.42. The molecule has 0 aromatic rings. The molecular formula is C14H26N2OS. The Morgan fingerprint density at radius 1 is 1.50 bits per heavy atom. The first-order valence-electron chi connectivity index (χ1n) is 6.70. The van der Waals surface area contributed by atoms with Crippen molar-refractivity contribution < 1.29 is 4.79 Å². The van der Waals surface area contributed by atoms with Gasteiger partial charge in [0.1, 0.15) is 0 Å². The van der Waals surface area contributed by atoms with Gasteiger partial charge in [-0.3, -0.25) is 4.79 Å². The highest BCUT2D eigenvalue weighted by molar-refractivity contribution is 7.80. The van der Waals surface area contributed by atoms with Gasteiger partial charge in [-0.2, -0.15) is 0 Å². The molecule has 0 spiro atoms. The molecule has 1 fully saturated rings. The fraction of sp³-hybridized carbons (Fsp3) is 0.857. The first kappa shape index (κ1) is 15.4. The van der Waals surface area contributed by atoms with Crippen LogP contribution in [0.3, 0.4) is 0 Å². The van der Waals surface area contributed by atoms with Gasteiger partial charge >= 0.3 is 0 Å². The van der Waals surface area contributed by atoms with E-state index in [-0.39, 0.29) is 11.3 Å². The Morgan fingerprint density at radius 2 is 2.00 bits per heavy atom. The number of hydrogen-bond acceptors (Lipinski definition) is 2. The van der Waals surface area contributed by atoms with Crippen LogP contribution in [0, 0.1) is 22.7 Å². The van der Waals surface area contributed by atoms with Gasteiger partial charge in [0.05, 0.1) is 10.4 Å². The van der Waals surface area contributed by atoms with Gasteiger partial charge in [0, 0.05) is 6.54 Å². The minimum Gasteiger partial charge on any atom is -0.392 e. The van der Waals surface area contributed by atoms with Crippen molar-refractivity contribution in [1.82, 2.24) is 5.32 Å². The second kappa shape index (κ2) is 5.16. The van der Waals surface area contributed by atoms with Crippen LogP contribution in [0.2, 0.25) is 0 Å². The molecule has 1 aliphatic rings. The summed E-state index contributed by atoms with van der Waals surface area (Å²) in [4.78, 5) is 12.7. The van der Waals surface area contributed by atoms with Gasteiger partial charge in [0.15, 0.2) is 0 Å². The van der Waals surface area contributed by atoms with Crippen molar-refractivity contribution in [3.05, 3.63) is 0 Å². The van der Waals surface area contributed by atoms with Crippen molar-refractivity contribution in [2.24, 2.45) is 28.4 Å². The summed E-state index contributed by atoms with van der Waals surface area (Å²) >= 11 is 5.09. The van der Waals surface area contributed by atoms with Gasteiger partial charge in [0.2, 0.25) is 5.91 Å². The maximum absolute atomic E-state index is 12.3. The summed E-state index contributed by atoms with van der Waals surface area (Å²) in [5, 5.41) is 3.04. The monoisotopic (exact) mass is 270 g/mol. The SMILES string of the molecule is CC1CC(C(=O)NCC(C)(C)C(C)C)(C(N)=S)C1. The van der Waals surface area contributed by atoms with Crippen LogP contribution in [0.15, 0.2) is 0 Å². The quantitative estimate of drug-likeness (QED) is 0.755. The molecule has 0 radical (unpaired) electrons. The molecule has 0 atom stereocenters. The van der Waals surface area contributed by atoms with Crippen molar-refractivity contribution in [1.29, 1.82) is 0 Å². The predicted octanol–water partition coefficient (Wildman–Crippen LogP) is 2.49. The maximum Gasteiger partial charge on any atom is 0.233 e. The Morgan fingerprint density at radius 3 is 2.33 bits per heavy atom. The van der Waals surface area contributed by atoms with E-state index in [2.05, 4.69) is 39.9 Å². The van der Waals surface area contributed by atoms with E-state index >= 15 is 0 Å². The second-order valence-electron chi connectivity index (χ2n) is 6.79. The summed E-state index contributed by atoms with van der Waals surface area (Å²) in [5.41, 5.74) is 5.27. The average Bonchev–Trinajstić information content (AvgIpc) is 2.20. The zero-order chi connectivity index (χ0) is 14.1. The Bertz CT molecular complexity index is 344. The normalized spacial score (nSPS) is 27.8. The molecule has 1 amide bonds. The number of rotatable bonds is 5. The average molecular weight is 270 g/mol. The van der Waals surface area contributed by atoms with Gasteiger partial charge in [0.25, 0.3) is 0 Å². The van der Waals surface area contributed by atoms with E-state index in [0.717, 1.165) is 12.8 Å². The maximum atomic E-state index is 12.3.